The second-order valence-corrected chi connectivity index (χ2v) is 11.3. The molecule has 2 aromatic carbocycles. The fourth-order valence-corrected chi connectivity index (χ4v) is 6.73. The van der Waals surface area contributed by atoms with Crippen molar-refractivity contribution in [1.29, 1.82) is 0 Å². The van der Waals surface area contributed by atoms with E-state index < -0.39 is 11.7 Å². The highest BCUT2D eigenvalue weighted by atomic mass is 32.1. The zero-order valence-electron chi connectivity index (χ0n) is 21.6. The zero-order valence-corrected chi connectivity index (χ0v) is 22.4. The molecule has 4 aromatic rings. The van der Waals surface area contributed by atoms with E-state index in [0.717, 1.165) is 44.1 Å². The number of halogens is 3. The van der Waals surface area contributed by atoms with Crippen LogP contribution in [-0.4, -0.2) is 29.5 Å². The van der Waals surface area contributed by atoms with Crippen LogP contribution in [0.4, 0.5) is 13.2 Å². The van der Waals surface area contributed by atoms with Gasteiger partial charge in [-0.1, -0.05) is 6.07 Å². The van der Waals surface area contributed by atoms with Gasteiger partial charge in [0.05, 0.1) is 36.1 Å². The Bertz CT molecular complexity index is 1560. The van der Waals surface area contributed by atoms with Gasteiger partial charge in [0.1, 0.15) is 17.4 Å². The van der Waals surface area contributed by atoms with Gasteiger partial charge in [0.2, 0.25) is 0 Å². The molecule has 2 aromatic heterocycles. The summed E-state index contributed by atoms with van der Waals surface area (Å²) in [7, 11) is 1.34. The molecular weight excluding hydrogens is 529 g/mol. The lowest BCUT2D eigenvalue weighted by molar-refractivity contribution is -0.140. The lowest BCUT2D eigenvalue weighted by Crippen LogP contribution is -2.31. The minimum Gasteiger partial charge on any atom is -0.486 e. The molecule has 6 rings (SSSR count). The topological polar surface area (TPSA) is 64.8 Å². The zero-order chi connectivity index (χ0) is 27.3. The number of carbonyl (C=O) groups excluding carboxylic acids is 1. The van der Waals surface area contributed by atoms with Crippen molar-refractivity contribution in [2.24, 2.45) is 0 Å². The van der Waals surface area contributed by atoms with Crippen LogP contribution in [0.25, 0.3) is 11.0 Å². The summed E-state index contributed by atoms with van der Waals surface area (Å²) in [5, 5.41) is 1.78. The number of furan rings is 1. The number of fused-ring (bicyclic) bond motifs is 3. The molecule has 1 unspecified atom stereocenters. The van der Waals surface area contributed by atoms with Crippen molar-refractivity contribution in [3.05, 3.63) is 80.0 Å². The van der Waals surface area contributed by atoms with Gasteiger partial charge < -0.3 is 13.9 Å². The Kier molecular flexibility index (Phi) is 6.63. The van der Waals surface area contributed by atoms with Crippen LogP contribution in [0, 0.1) is 6.92 Å². The maximum atomic E-state index is 14.1. The van der Waals surface area contributed by atoms with E-state index in [-0.39, 0.29) is 25.0 Å². The molecule has 0 spiro atoms. The van der Waals surface area contributed by atoms with Crippen LogP contribution < -0.4 is 4.74 Å². The van der Waals surface area contributed by atoms with Crippen molar-refractivity contribution in [2.45, 2.75) is 58.0 Å². The number of aromatic nitrogens is 1. The normalized spacial score (nSPS) is 17.3. The van der Waals surface area contributed by atoms with Gasteiger partial charge in [-0.3, -0.25) is 9.69 Å². The smallest absolute Gasteiger partial charge is 0.416 e. The number of ether oxygens (including phenoxy) is 2. The van der Waals surface area contributed by atoms with Crippen molar-refractivity contribution in [3.63, 3.8) is 0 Å². The third kappa shape index (κ3) is 5.03. The van der Waals surface area contributed by atoms with Crippen LogP contribution in [0.1, 0.15) is 55.9 Å². The van der Waals surface area contributed by atoms with Gasteiger partial charge >= 0.3 is 12.1 Å². The average molecular weight is 557 g/mol. The first-order valence-corrected chi connectivity index (χ1v) is 13.6. The number of rotatable bonds is 6. The SMILES string of the molecule is COC(=O)Cc1coc2cc(OC3CCc4c3ccc(C(F)(F)F)c4CN3CCc4nc(C)sc4C3)ccc12. The first kappa shape index (κ1) is 25.9. The number of hydrogen-bond donors (Lipinski definition) is 0. The summed E-state index contributed by atoms with van der Waals surface area (Å²) in [5.74, 6) is 0.201. The molecule has 0 saturated carbocycles. The highest BCUT2D eigenvalue weighted by Gasteiger charge is 2.38. The minimum absolute atomic E-state index is 0.102. The third-order valence-electron chi connectivity index (χ3n) is 7.54. The van der Waals surface area contributed by atoms with E-state index in [2.05, 4.69) is 9.88 Å². The molecule has 3 heterocycles. The molecule has 1 aliphatic carbocycles. The Morgan fingerprint density at radius 1 is 1.23 bits per heavy atom. The summed E-state index contributed by atoms with van der Waals surface area (Å²) in [5.41, 5.74) is 3.68. The van der Waals surface area contributed by atoms with Gasteiger partial charge in [-0.25, -0.2) is 4.98 Å². The molecule has 6 nitrogen and oxygen atoms in total. The lowest BCUT2D eigenvalue weighted by Gasteiger charge is -2.28. The first-order chi connectivity index (χ1) is 18.7. The highest BCUT2D eigenvalue weighted by molar-refractivity contribution is 7.11. The number of nitrogens with zero attached hydrogens (tertiary/aromatic N) is 2. The number of thiazole rings is 1. The molecular formula is C29H27F3N2O4S. The molecule has 0 amide bonds. The summed E-state index contributed by atoms with van der Waals surface area (Å²) in [4.78, 5) is 19.5. The van der Waals surface area contributed by atoms with Crippen LogP contribution in [0.15, 0.2) is 41.0 Å². The molecule has 1 atom stereocenters. The van der Waals surface area contributed by atoms with Gasteiger partial charge in [0.15, 0.2) is 0 Å². The van der Waals surface area contributed by atoms with Gasteiger partial charge in [0.25, 0.3) is 0 Å². The summed E-state index contributed by atoms with van der Waals surface area (Å²) >= 11 is 1.62. The van der Waals surface area contributed by atoms with Crippen LogP contribution in [0.2, 0.25) is 0 Å². The van der Waals surface area contributed by atoms with Crippen molar-refractivity contribution in [2.75, 3.05) is 13.7 Å². The molecule has 0 fully saturated rings. The number of carbonyl (C=O) groups is 1. The average Bonchev–Trinajstić information content (AvgIpc) is 3.59. The summed E-state index contributed by atoms with van der Waals surface area (Å²) < 4.78 is 59.0. The Hall–Kier alpha value is -3.37. The molecule has 0 bridgehead atoms. The summed E-state index contributed by atoms with van der Waals surface area (Å²) in [6, 6.07) is 8.15. The summed E-state index contributed by atoms with van der Waals surface area (Å²) in [6.07, 6.45) is -1.31. The van der Waals surface area contributed by atoms with Gasteiger partial charge in [-0.2, -0.15) is 13.2 Å². The Labute approximate surface area is 227 Å². The second kappa shape index (κ2) is 9.98. The Balaban J connectivity index is 1.26. The van der Waals surface area contributed by atoms with E-state index in [0.29, 0.717) is 42.8 Å². The van der Waals surface area contributed by atoms with Crippen LogP contribution in [0.5, 0.6) is 5.75 Å². The monoisotopic (exact) mass is 556 g/mol. The van der Waals surface area contributed by atoms with Crippen LogP contribution >= 0.6 is 11.3 Å². The van der Waals surface area contributed by atoms with Gasteiger partial charge in [-0.05, 0) is 54.7 Å². The van der Waals surface area contributed by atoms with Crippen molar-refractivity contribution < 1.29 is 31.9 Å². The molecule has 10 heteroatoms. The molecule has 0 N–H and O–H groups in total. The van der Waals surface area contributed by atoms with Crippen molar-refractivity contribution >= 4 is 28.3 Å². The molecule has 204 valence electrons. The van der Waals surface area contributed by atoms with E-state index in [1.54, 1.807) is 29.5 Å². The molecule has 39 heavy (non-hydrogen) atoms. The third-order valence-corrected chi connectivity index (χ3v) is 8.54. The van der Waals surface area contributed by atoms with E-state index in [9.17, 15) is 18.0 Å². The number of alkyl halides is 3. The minimum atomic E-state index is -4.43. The number of benzene rings is 2. The van der Waals surface area contributed by atoms with E-state index in [1.165, 1.54) is 19.4 Å². The van der Waals surface area contributed by atoms with Crippen LogP contribution in [-0.2, 0) is 48.1 Å². The second-order valence-electron chi connectivity index (χ2n) is 10.0. The standard InChI is InChI=1S/C29H27F3N2O4S/c1-16-33-24-9-10-34(14-27(24)39-16)13-22-20-6-8-25(21(20)5-7-23(22)29(30,31)32)38-18-3-4-19-17(11-28(35)36-2)15-37-26(19)12-18/h3-5,7,12,15,25H,6,8-11,13-14H2,1-2H3. The Morgan fingerprint density at radius 3 is 2.87 bits per heavy atom. The van der Waals surface area contributed by atoms with E-state index in [4.69, 9.17) is 13.9 Å². The fourth-order valence-electron chi connectivity index (χ4n) is 5.71. The molecule has 0 radical (unpaired) electrons. The van der Waals surface area contributed by atoms with Crippen molar-refractivity contribution in [1.82, 2.24) is 9.88 Å². The predicted octanol–water partition coefficient (Wildman–Crippen LogP) is 6.56. The Morgan fingerprint density at radius 2 is 2.08 bits per heavy atom. The maximum absolute atomic E-state index is 14.1. The number of hydrogen-bond acceptors (Lipinski definition) is 7. The van der Waals surface area contributed by atoms with Gasteiger partial charge in [-0.15, -0.1) is 11.3 Å². The fraction of sp³-hybridized carbons (Fsp3) is 0.379. The largest absolute Gasteiger partial charge is 0.486 e. The number of methoxy groups -OCH3 is 1. The van der Waals surface area contributed by atoms with E-state index in [1.807, 2.05) is 13.0 Å². The quantitative estimate of drug-likeness (QED) is 0.251. The number of esters is 1. The van der Waals surface area contributed by atoms with Crippen LogP contribution in [0.3, 0.4) is 0 Å². The maximum Gasteiger partial charge on any atom is 0.416 e. The molecule has 1 aliphatic heterocycles. The predicted molar refractivity (Wildman–Crippen MR) is 140 cm³/mol. The highest BCUT2D eigenvalue weighted by Crippen LogP contribution is 2.43. The first-order valence-electron chi connectivity index (χ1n) is 12.8. The molecule has 0 saturated heterocycles. The lowest BCUT2D eigenvalue weighted by atomic mass is 9.95. The van der Waals surface area contributed by atoms with E-state index >= 15 is 0 Å². The number of aryl methyl sites for hydroxylation is 1. The summed E-state index contributed by atoms with van der Waals surface area (Å²) in [6.45, 7) is 3.49. The molecule has 2 aliphatic rings. The van der Waals surface area contributed by atoms with Gasteiger partial charge in [0, 0.05) is 47.9 Å². The van der Waals surface area contributed by atoms with Crippen molar-refractivity contribution in [3.8, 4) is 5.75 Å².